The molecule has 0 spiro atoms. The van der Waals surface area contributed by atoms with Gasteiger partial charge in [0.2, 0.25) is 9.05 Å². The van der Waals surface area contributed by atoms with E-state index >= 15 is 0 Å². The predicted molar refractivity (Wildman–Crippen MR) is 40.3 cm³/mol. The van der Waals surface area contributed by atoms with Crippen LogP contribution in [0.2, 0.25) is 0 Å². The maximum Gasteiger partial charge on any atom is 0.404 e. The number of amides is 1. The van der Waals surface area contributed by atoms with Crippen LogP contribution in [0.15, 0.2) is 0 Å². The van der Waals surface area contributed by atoms with Crippen LogP contribution in [0, 0.1) is 0 Å². The summed E-state index contributed by atoms with van der Waals surface area (Å²) < 4.78 is 20.7. The van der Waals surface area contributed by atoms with Gasteiger partial charge in [-0.1, -0.05) is 0 Å². The van der Waals surface area contributed by atoms with Crippen LogP contribution in [0.1, 0.15) is 6.92 Å². The van der Waals surface area contributed by atoms with Gasteiger partial charge >= 0.3 is 6.09 Å². The molecular weight excluding hydrogens is 194 g/mol. The van der Waals surface area contributed by atoms with Crippen LogP contribution < -0.4 is 5.32 Å². The van der Waals surface area contributed by atoms with Crippen molar-refractivity contribution in [2.75, 3.05) is 5.75 Å². The summed E-state index contributed by atoms with van der Waals surface area (Å²) >= 11 is 0. The first-order valence-corrected chi connectivity index (χ1v) is 5.21. The Morgan fingerprint density at radius 3 is 2.45 bits per heavy atom. The highest BCUT2D eigenvalue weighted by Gasteiger charge is 2.13. The van der Waals surface area contributed by atoms with Gasteiger partial charge in [-0.25, -0.2) is 13.2 Å². The fourth-order valence-corrected chi connectivity index (χ4v) is 1.80. The molecule has 0 bridgehead atoms. The van der Waals surface area contributed by atoms with E-state index in [1.807, 2.05) is 5.32 Å². The number of nitrogens with one attached hydrogen (secondary N) is 1. The van der Waals surface area contributed by atoms with Crippen molar-refractivity contribution in [2.45, 2.75) is 13.0 Å². The van der Waals surface area contributed by atoms with Crippen molar-refractivity contribution in [1.82, 2.24) is 5.32 Å². The second-order valence-electron chi connectivity index (χ2n) is 2.06. The SMILES string of the molecule is CC(CS(=O)(=O)Cl)NC(=O)O. The lowest BCUT2D eigenvalue weighted by Crippen LogP contribution is -2.35. The highest BCUT2D eigenvalue weighted by Crippen LogP contribution is 1.98. The molecule has 1 atom stereocenters. The fraction of sp³-hybridized carbons (Fsp3) is 0.750. The van der Waals surface area contributed by atoms with Gasteiger partial charge in [0.15, 0.2) is 0 Å². The van der Waals surface area contributed by atoms with Crippen LogP contribution >= 0.6 is 10.7 Å². The summed E-state index contributed by atoms with van der Waals surface area (Å²) in [6, 6.07) is -0.685. The lowest BCUT2D eigenvalue weighted by atomic mass is 10.4. The van der Waals surface area contributed by atoms with Crippen LogP contribution in [0.4, 0.5) is 4.79 Å². The molecule has 0 aliphatic heterocycles. The van der Waals surface area contributed by atoms with E-state index in [1.165, 1.54) is 6.92 Å². The summed E-state index contributed by atoms with van der Waals surface area (Å²) in [5.74, 6) is -0.402. The van der Waals surface area contributed by atoms with Gasteiger partial charge in [-0.2, -0.15) is 0 Å². The van der Waals surface area contributed by atoms with Crippen molar-refractivity contribution in [3.8, 4) is 0 Å². The van der Waals surface area contributed by atoms with Crippen LogP contribution in [0.25, 0.3) is 0 Å². The van der Waals surface area contributed by atoms with Crippen LogP contribution in [0.5, 0.6) is 0 Å². The number of rotatable bonds is 3. The first-order valence-electron chi connectivity index (χ1n) is 2.73. The van der Waals surface area contributed by atoms with E-state index in [9.17, 15) is 13.2 Å². The smallest absolute Gasteiger partial charge is 0.404 e. The molecule has 0 fully saturated rings. The van der Waals surface area contributed by atoms with Crippen molar-refractivity contribution in [1.29, 1.82) is 0 Å². The second kappa shape index (κ2) is 3.77. The third kappa shape index (κ3) is 7.41. The Kier molecular flexibility index (Phi) is 3.61. The summed E-state index contributed by atoms with van der Waals surface area (Å²) in [5.41, 5.74) is 0. The van der Waals surface area contributed by atoms with Crippen molar-refractivity contribution >= 4 is 25.8 Å². The molecule has 0 saturated heterocycles. The molecule has 5 nitrogen and oxygen atoms in total. The molecule has 1 unspecified atom stereocenters. The van der Waals surface area contributed by atoms with Crippen molar-refractivity contribution in [3.05, 3.63) is 0 Å². The Morgan fingerprint density at radius 1 is 1.73 bits per heavy atom. The number of hydrogen-bond donors (Lipinski definition) is 2. The molecule has 7 heteroatoms. The van der Waals surface area contributed by atoms with Gasteiger partial charge < -0.3 is 10.4 Å². The van der Waals surface area contributed by atoms with E-state index < -0.39 is 26.9 Å². The maximum absolute atomic E-state index is 10.4. The third-order valence-corrected chi connectivity index (χ3v) is 2.10. The molecular formula is C4H8ClNO4S. The molecule has 0 radical (unpaired) electrons. The van der Waals surface area contributed by atoms with E-state index in [0.717, 1.165) is 0 Å². The number of hydrogen-bond acceptors (Lipinski definition) is 3. The van der Waals surface area contributed by atoms with Gasteiger partial charge in [-0.05, 0) is 6.92 Å². The van der Waals surface area contributed by atoms with Crippen LogP contribution in [0.3, 0.4) is 0 Å². The van der Waals surface area contributed by atoms with E-state index in [4.69, 9.17) is 15.8 Å². The Bertz CT molecular complexity index is 236. The first-order chi connectivity index (χ1) is 4.81. The average Bonchev–Trinajstić information content (AvgIpc) is 1.53. The summed E-state index contributed by atoms with van der Waals surface area (Å²) in [6.45, 7) is 1.41. The molecule has 0 aromatic carbocycles. The highest BCUT2D eigenvalue weighted by molar-refractivity contribution is 8.13. The summed E-state index contributed by atoms with van der Waals surface area (Å²) in [7, 11) is 1.23. The Morgan fingerprint density at radius 2 is 2.18 bits per heavy atom. The van der Waals surface area contributed by atoms with Gasteiger partial charge in [-0.15, -0.1) is 0 Å². The maximum atomic E-state index is 10.4. The fourth-order valence-electron chi connectivity index (χ4n) is 0.551. The Balaban J connectivity index is 3.89. The topological polar surface area (TPSA) is 83.5 Å². The normalized spacial score (nSPS) is 14.0. The Labute approximate surface area is 68.8 Å². The minimum atomic E-state index is -3.62. The molecule has 0 heterocycles. The second-order valence-corrected chi connectivity index (χ2v) is 4.88. The largest absolute Gasteiger partial charge is 0.465 e. The minimum Gasteiger partial charge on any atom is -0.465 e. The molecule has 0 rings (SSSR count). The zero-order valence-corrected chi connectivity index (χ0v) is 7.32. The number of halogens is 1. The molecule has 0 aromatic heterocycles. The van der Waals surface area contributed by atoms with Crippen molar-refractivity contribution in [2.24, 2.45) is 0 Å². The molecule has 11 heavy (non-hydrogen) atoms. The Hall–Kier alpha value is -0.490. The standard InChI is InChI=1S/C4H8ClNO4S/c1-3(6-4(7)8)2-11(5,9)10/h3,6H,2H2,1H3,(H,7,8). The molecule has 0 aliphatic carbocycles. The van der Waals surface area contributed by atoms with E-state index in [1.54, 1.807) is 0 Å². The quantitative estimate of drug-likeness (QED) is 0.640. The minimum absolute atomic E-state index is 0.402. The molecule has 0 aliphatic rings. The molecule has 1 amide bonds. The predicted octanol–water partition coefficient (Wildman–Crippen LogP) is 0.211. The van der Waals surface area contributed by atoms with Crippen LogP contribution in [-0.2, 0) is 9.05 Å². The van der Waals surface area contributed by atoms with Gasteiger partial charge in [0, 0.05) is 16.7 Å². The van der Waals surface area contributed by atoms with E-state index in [2.05, 4.69) is 0 Å². The molecule has 2 N–H and O–H groups in total. The van der Waals surface area contributed by atoms with Gasteiger partial charge in [0.25, 0.3) is 0 Å². The van der Waals surface area contributed by atoms with Gasteiger partial charge in [-0.3, -0.25) is 0 Å². The van der Waals surface area contributed by atoms with Crippen LogP contribution in [-0.4, -0.2) is 31.4 Å². The first kappa shape index (κ1) is 10.5. The van der Waals surface area contributed by atoms with Gasteiger partial charge in [0.1, 0.15) is 0 Å². The summed E-state index contributed by atoms with van der Waals surface area (Å²) in [4.78, 5) is 9.95. The van der Waals surface area contributed by atoms with E-state index in [0.29, 0.717) is 0 Å². The number of carbonyl (C=O) groups is 1. The zero-order chi connectivity index (χ0) is 9.07. The summed E-state index contributed by atoms with van der Waals surface area (Å²) in [5, 5.41) is 10.1. The number of carboxylic acid groups (broad SMARTS) is 1. The lowest BCUT2D eigenvalue weighted by Gasteiger charge is -2.07. The van der Waals surface area contributed by atoms with E-state index in [-0.39, 0.29) is 0 Å². The monoisotopic (exact) mass is 201 g/mol. The molecule has 0 saturated carbocycles. The lowest BCUT2D eigenvalue weighted by molar-refractivity contribution is 0.192. The zero-order valence-electron chi connectivity index (χ0n) is 5.74. The van der Waals surface area contributed by atoms with Gasteiger partial charge in [0.05, 0.1) is 5.75 Å². The molecule has 66 valence electrons. The molecule has 0 aromatic rings. The average molecular weight is 202 g/mol. The summed E-state index contributed by atoms with van der Waals surface area (Å²) in [6.07, 6.45) is -1.27. The highest BCUT2D eigenvalue weighted by atomic mass is 35.7. The van der Waals surface area contributed by atoms with Crippen molar-refractivity contribution < 1.29 is 18.3 Å². The van der Waals surface area contributed by atoms with Crippen molar-refractivity contribution in [3.63, 3.8) is 0 Å². The third-order valence-electron chi connectivity index (χ3n) is 0.819.